The van der Waals surface area contributed by atoms with Crippen molar-refractivity contribution in [1.29, 1.82) is 0 Å². The highest BCUT2D eigenvalue weighted by Crippen LogP contribution is 2.20. The maximum atomic E-state index is 12.4. The van der Waals surface area contributed by atoms with Crippen LogP contribution in [0.1, 0.15) is 24.3 Å². The van der Waals surface area contributed by atoms with Crippen molar-refractivity contribution in [3.8, 4) is 0 Å². The summed E-state index contributed by atoms with van der Waals surface area (Å²) in [5.41, 5.74) is 1.34. The Morgan fingerprint density at radius 1 is 1.24 bits per heavy atom. The van der Waals surface area contributed by atoms with Crippen molar-refractivity contribution in [3.05, 3.63) is 41.6 Å². The number of sulfonamides is 1. The van der Waals surface area contributed by atoms with Crippen molar-refractivity contribution in [2.24, 2.45) is 0 Å². The summed E-state index contributed by atoms with van der Waals surface area (Å²) < 4.78 is 32.6. The van der Waals surface area contributed by atoms with Gasteiger partial charge in [-0.1, -0.05) is 12.1 Å². The van der Waals surface area contributed by atoms with Gasteiger partial charge in [-0.2, -0.15) is 0 Å². The summed E-state index contributed by atoms with van der Waals surface area (Å²) in [6.45, 7) is 6.19. The lowest BCUT2D eigenvalue weighted by Gasteiger charge is -2.11. The quantitative estimate of drug-likeness (QED) is 0.854. The average Bonchev–Trinajstić information content (AvgIpc) is 2.77. The highest BCUT2D eigenvalue weighted by atomic mass is 32.2. The second-order valence-electron chi connectivity index (χ2n) is 4.60. The van der Waals surface area contributed by atoms with Gasteiger partial charge in [0.25, 0.3) is 0 Å². The van der Waals surface area contributed by atoms with Crippen molar-refractivity contribution >= 4 is 15.7 Å². The Bertz CT molecular complexity index is 703. The summed E-state index contributed by atoms with van der Waals surface area (Å²) in [6.07, 6.45) is 0. The molecule has 0 amide bonds. The molecule has 0 saturated carbocycles. The van der Waals surface area contributed by atoms with Crippen LogP contribution in [0, 0.1) is 13.8 Å². The van der Waals surface area contributed by atoms with E-state index in [1.165, 1.54) is 0 Å². The Balaban J connectivity index is 2.18. The molecule has 1 heterocycles. The Labute approximate surface area is 124 Å². The number of hydrogen-bond donors (Lipinski definition) is 2. The molecule has 0 fully saturated rings. The molecule has 114 valence electrons. The average molecular weight is 309 g/mol. The van der Waals surface area contributed by atoms with Gasteiger partial charge in [0, 0.05) is 6.54 Å². The number of aromatic nitrogens is 1. The van der Waals surface area contributed by atoms with Gasteiger partial charge in [0.2, 0.25) is 15.9 Å². The second kappa shape index (κ2) is 6.28. The molecule has 2 N–H and O–H groups in total. The summed E-state index contributed by atoms with van der Waals surface area (Å²) in [6, 6.07) is 6.77. The van der Waals surface area contributed by atoms with E-state index in [0.717, 1.165) is 5.69 Å². The van der Waals surface area contributed by atoms with Crippen LogP contribution in [0.4, 0.5) is 5.69 Å². The molecule has 0 spiro atoms. The van der Waals surface area contributed by atoms with Crippen LogP contribution in [-0.2, 0) is 16.6 Å². The number of hydrogen-bond acceptors (Lipinski definition) is 5. The van der Waals surface area contributed by atoms with Crippen LogP contribution < -0.4 is 10.0 Å². The third kappa shape index (κ3) is 3.62. The molecule has 7 heteroatoms. The smallest absolute Gasteiger partial charge is 0.243 e. The zero-order valence-corrected chi connectivity index (χ0v) is 13.1. The molecule has 21 heavy (non-hydrogen) atoms. The van der Waals surface area contributed by atoms with E-state index in [4.69, 9.17) is 4.42 Å². The number of benzene rings is 1. The van der Waals surface area contributed by atoms with E-state index >= 15 is 0 Å². The first-order valence-corrected chi connectivity index (χ1v) is 8.18. The first-order valence-electron chi connectivity index (χ1n) is 6.69. The number of nitrogens with one attached hydrogen (secondary N) is 2. The molecule has 0 bridgehead atoms. The monoisotopic (exact) mass is 309 g/mol. The molecular weight excluding hydrogens is 290 g/mol. The van der Waals surface area contributed by atoms with E-state index in [9.17, 15) is 8.42 Å². The lowest BCUT2D eigenvalue weighted by atomic mass is 10.3. The van der Waals surface area contributed by atoms with Gasteiger partial charge in [-0.05, 0) is 32.9 Å². The molecule has 2 aromatic rings. The maximum Gasteiger partial charge on any atom is 0.243 e. The van der Waals surface area contributed by atoms with Crippen molar-refractivity contribution in [2.45, 2.75) is 32.2 Å². The lowest BCUT2D eigenvalue weighted by Crippen LogP contribution is -2.24. The molecule has 0 atom stereocenters. The van der Waals surface area contributed by atoms with Gasteiger partial charge in [-0.25, -0.2) is 18.1 Å². The van der Waals surface area contributed by atoms with Crippen LogP contribution in [-0.4, -0.2) is 19.9 Å². The molecule has 6 nitrogen and oxygen atoms in total. The van der Waals surface area contributed by atoms with Crippen LogP contribution in [0.2, 0.25) is 0 Å². The maximum absolute atomic E-state index is 12.4. The molecule has 0 aliphatic carbocycles. The Morgan fingerprint density at radius 2 is 1.95 bits per heavy atom. The first kappa shape index (κ1) is 15.5. The fourth-order valence-electron chi connectivity index (χ4n) is 1.89. The number of aryl methyl sites for hydroxylation is 2. The van der Waals surface area contributed by atoms with Gasteiger partial charge >= 0.3 is 0 Å². The third-order valence-electron chi connectivity index (χ3n) is 3.03. The van der Waals surface area contributed by atoms with Crippen LogP contribution in [0.25, 0.3) is 0 Å². The molecule has 1 aromatic heterocycles. The Kier molecular flexibility index (Phi) is 4.64. The van der Waals surface area contributed by atoms with Crippen LogP contribution in [0.15, 0.2) is 33.6 Å². The molecule has 0 radical (unpaired) electrons. The zero-order chi connectivity index (χ0) is 15.5. The molecule has 1 aromatic carbocycles. The van der Waals surface area contributed by atoms with E-state index in [-0.39, 0.29) is 11.4 Å². The van der Waals surface area contributed by atoms with Gasteiger partial charge < -0.3 is 9.73 Å². The lowest BCUT2D eigenvalue weighted by molar-refractivity contribution is 0.463. The van der Waals surface area contributed by atoms with E-state index < -0.39 is 10.0 Å². The summed E-state index contributed by atoms with van der Waals surface area (Å²) in [5.74, 6) is 1.05. The fourth-order valence-corrected chi connectivity index (χ4v) is 3.04. The fraction of sp³-hybridized carbons (Fsp3) is 0.357. The third-order valence-corrected chi connectivity index (χ3v) is 4.49. The highest BCUT2D eigenvalue weighted by Gasteiger charge is 2.19. The molecule has 0 aliphatic heterocycles. The summed E-state index contributed by atoms with van der Waals surface area (Å²) in [7, 11) is -3.63. The largest absolute Gasteiger partial charge is 0.444 e. The van der Waals surface area contributed by atoms with Crippen LogP contribution >= 0.6 is 0 Å². The van der Waals surface area contributed by atoms with Gasteiger partial charge in [0.15, 0.2) is 0 Å². The topological polar surface area (TPSA) is 84.2 Å². The Morgan fingerprint density at radius 3 is 2.57 bits per heavy atom. The SMILES string of the molecule is CCNc1ccccc1S(=O)(=O)NCc1nc(C)c(C)o1. The predicted molar refractivity (Wildman–Crippen MR) is 80.6 cm³/mol. The molecule has 0 aliphatic rings. The highest BCUT2D eigenvalue weighted by molar-refractivity contribution is 7.89. The van der Waals surface area contributed by atoms with Crippen molar-refractivity contribution < 1.29 is 12.8 Å². The number of anilines is 1. The van der Waals surface area contributed by atoms with E-state index in [1.54, 1.807) is 31.2 Å². The van der Waals surface area contributed by atoms with Crippen LogP contribution in [0.5, 0.6) is 0 Å². The van der Waals surface area contributed by atoms with Gasteiger partial charge in [-0.15, -0.1) is 0 Å². The predicted octanol–water partition coefficient (Wildman–Crippen LogP) is 2.20. The van der Waals surface area contributed by atoms with Gasteiger partial charge in [0.05, 0.1) is 17.9 Å². The summed E-state index contributed by atoms with van der Waals surface area (Å²) in [4.78, 5) is 4.37. The van der Waals surface area contributed by atoms with E-state index in [0.29, 0.717) is 23.9 Å². The standard InChI is InChI=1S/C14H19N3O3S/c1-4-15-12-7-5-6-8-13(12)21(18,19)16-9-14-17-10(2)11(3)20-14/h5-8,15-16H,4,9H2,1-3H3. The van der Waals surface area contributed by atoms with Crippen molar-refractivity contribution in [2.75, 3.05) is 11.9 Å². The minimum atomic E-state index is -3.63. The summed E-state index contributed by atoms with van der Waals surface area (Å²) >= 11 is 0. The molecule has 0 unspecified atom stereocenters. The second-order valence-corrected chi connectivity index (χ2v) is 6.34. The van der Waals surface area contributed by atoms with Gasteiger partial charge in [-0.3, -0.25) is 0 Å². The van der Waals surface area contributed by atoms with Crippen molar-refractivity contribution in [1.82, 2.24) is 9.71 Å². The van der Waals surface area contributed by atoms with Gasteiger partial charge in [0.1, 0.15) is 10.7 Å². The van der Waals surface area contributed by atoms with Crippen LogP contribution in [0.3, 0.4) is 0 Å². The number of nitrogens with zero attached hydrogens (tertiary/aromatic N) is 1. The Hall–Kier alpha value is -1.86. The number of rotatable bonds is 6. The van der Waals surface area contributed by atoms with E-state index in [2.05, 4.69) is 15.0 Å². The minimum absolute atomic E-state index is 0.0253. The molecular formula is C14H19N3O3S. The van der Waals surface area contributed by atoms with E-state index in [1.807, 2.05) is 13.8 Å². The minimum Gasteiger partial charge on any atom is -0.444 e. The van der Waals surface area contributed by atoms with Crippen molar-refractivity contribution in [3.63, 3.8) is 0 Å². The summed E-state index contributed by atoms with van der Waals surface area (Å²) in [5, 5.41) is 3.04. The first-order chi connectivity index (χ1) is 9.94. The molecule has 2 rings (SSSR count). The zero-order valence-electron chi connectivity index (χ0n) is 12.3. The number of para-hydroxylation sites is 1. The molecule has 0 saturated heterocycles. The normalized spacial score (nSPS) is 11.6. The number of oxazole rings is 1.